The van der Waals surface area contributed by atoms with E-state index < -0.39 is 11.8 Å². The first kappa shape index (κ1) is 22.9. The summed E-state index contributed by atoms with van der Waals surface area (Å²) in [6.07, 6.45) is 0.910. The Morgan fingerprint density at radius 1 is 0.767 bits per heavy atom. The van der Waals surface area contributed by atoms with E-state index in [1.807, 2.05) is 0 Å². The van der Waals surface area contributed by atoms with Crippen molar-refractivity contribution in [2.24, 2.45) is 5.92 Å². The van der Waals surface area contributed by atoms with Crippen LogP contribution < -0.4 is 29.8 Å². The van der Waals surface area contributed by atoms with Crippen molar-refractivity contribution in [3.8, 4) is 23.0 Å². The van der Waals surface area contributed by atoms with Gasteiger partial charge in [0, 0.05) is 11.1 Å². The molecule has 0 spiro atoms. The van der Waals surface area contributed by atoms with Gasteiger partial charge in [0.05, 0.1) is 27.9 Å². The average Bonchev–Trinajstić information content (AvgIpc) is 2.76. The third-order valence-electron chi connectivity index (χ3n) is 4.31. The smallest absolute Gasteiger partial charge is 0.269 e. The van der Waals surface area contributed by atoms with E-state index in [0.29, 0.717) is 46.6 Å². The first-order valence-corrected chi connectivity index (χ1v) is 9.53. The molecule has 0 bridgehead atoms. The number of hydrazine groups is 1. The van der Waals surface area contributed by atoms with Crippen molar-refractivity contribution >= 4 is 11.8 Å². The van der Waals surface area contributed by atoms with Gasteiger partial charge >= 0.3 is 0 Å². The van der Waals surface area contributed by atoms with Crippen molar-refractivity contribution in [1.29, 1.82) is 0 Å². The zero-order chi connectivity index (χ0) is 22.1. The third kappa shape index (κ3) is 6.04. The summed E-state index contributed by atoms with van der Waals surface area (Å²) in [5, 5.41) is 0. The van der Waals surface area contributed by atoms with Crippen molar-refractivity contribution in [3.05, 3.63) is 47.5 Å². The fraction of sp³-hybridized carbons (Fsp3) is 0.364. The van der Waals surface area contributed by atoms with Crippen LogP contribution in [-0.4, -0.2) is 39.8 Å². The van der Waals surface area contributed by atoms with Gasteiger partial charge < -0.3 is 18.9 Å². The molecular formula is C22H28N2O6. The summed E-state index contributed by atoms with van der Waals surface area (Å²) in [5.74, 6) is 1.45. The minimum atomic E-state index is -0.495. The van der Waals surface area contributed by atoms with Gasteiger partial charge in [0.15, 0.2) is 23.0 Å². The molecule has 162 valence electrons. The largest absolute Gasteiger partial charge is 0.493 e. The molecule has 0 unspecified atom stereocenters. The van der Waals surface area contributed by atoms with E-state index in [1.165, 1.54) is 27.4 Å². The molecule has 2 aromatic carbocycles. The van der Waals surface area contributed by atoms with Crippen LogP contribution in [0.4, 0.5) is 0 Å². The Bertz CT molecular complexity index is 882. The van der Waals surface area contributed by atoms with Crippen LogP contribution >= 0.6 is 0 Å². The van der Waals surface area contributed by atoms with Crippen LogP contribution in [0.15, 0.2) is 36.4 Å². The van der Waals surface area contributed by atoms with Gasteiger partial charge in [-0.15, -0.1) is 0 Å². The van der Waals surface area contributed by atoms with Gasteiger partial charge in [0.1, 0.15) is 0 Å². The minimum Gasteiger partial charge on any atom is -0.493 e. The molecule has 0 aromatic heterocycles. The molecule has 0 fully saturated rings. The highest BCUT2D eigenvalue weighted by molar-refractivity contribution is 5.99. The summed E-state index contributed by atoms with van der Waals surface area (Å²) in [7, 11) is 4.49. The number of carbonyl (C=O) groups excluding carboxylic acids is 2. The number of ether oxygens (including phenoxy) is 4. The fourth-order valence-electron chi connectivity index (χ4n) is 2.57. The summed E-state index contributed by atoms with van der Waals surface area (Å²) in [5.41, 5.74) is 5.38. The molecule has 2 amide bonds. The topological polar surface area (TPSA) is 95.1 Å². The Morgan fingerprint density at radius 3 is 1.70 bits per heavy atom. The SMILES string of the molecule is COc1ccc(C(=O)NNC(=O)c2ccc(OCCC(C)C)c(OC)c2)cc1OC. The summed E-state index contributed by atoms with van der Waals surface area (Å²) < 4.78 is 21.4. The number of methoxy groups -OCH3 is 3. The van der Waals surface area contributed by atoms with Crippen LogP contribution in [0.25, 0.3) is 0 Å². The first-order chi connectivity index (χ1) is 14.4. The molecule has 0 heterocycles. The molecule has 0 aliphatic rings. The Morgan fingerprint density at radius 2 is 1.23 bits per heavy atom. The van der Waals surface area contributed by atoms with Gasteiger partial charge in [-0.05, 0) is 48.7 Å². The standard InChI is InChI=1S/C22H28N2O6/c1-14(2)10-11-30-18-9-7-16(13-20(18)29-5)22(26)24-23-21(25)15-6-8-17(27-3)19(12-15)28-4/h6-9,12-14H,10-11H2,1-5H3,(H,23,25)(H,24,26). The van der Waals surface area contributed by atoms with Gasteiger partial charge in [-0.25, -0.2) is 0 Å². The summed E-state index contributed by atoms with van der Waals surface area (Å²) in [6.45, 7) is 4.79. The Balaban J connectivity index is 2.01. The lowest BCUT2D eigenvalue weighted by molar-refractivity contribution is 0.0846. The van der Waals surface area contributed by atoms with Gasteiger partial charge in [-0.3, -0.25) is 20.4 Å². The quantitative estimate of drug-likeness (QED) is 0.610. The summed E-state index contributed by atoms with van der Waals surface area (Å²) in [4.78, 5) is 24.8. The van der Waals surface area contributed by atoms with Crippen LogP contribution in [0.3, 0.4) is 0 Å². The number of hydrogen-bond donors (Lipinski definition) is 2. The van der Waals surface area contributed by atoms with Crippen LogP contribution in [0, 0.1) is 5.92 Å². The molecular weight excluding hydrogens is 388 g/mol. The number of nitrogens with one attached hydrogen (secondary N) is 2. The van der Waals surface area contributed by atoms with Gasteiger partial charge in [-0.1, -0.05) is 13.8 Å². The van der Waals surface area contributed by atoms with Crippen molar-refractivity contribution < 1.29 is 28.5 Å². The van der Waals surface area contributed by atoms with Crippen molar-refractivity contribution in [2.45, 2.75) is 20.3 Å². The number of benzene rings is 2. The highest BCUT2D eigenvalue weighted by Gasteiger charge is 2.14. The van der Waals surface area contributed by atoms with Crippen molar-refractivity contribution in [1.82, 2.24) is 10.9 Å². The summed E-state index contributed by atoms with van der Waals surface area (Å²) >= 11 is 0. The molecule has 8 nitrogen and oxygen atoms in total. The zero-order valence-electron chi connectivity index (χ0n) is 17.9. The monoisotopic (exact) mass is 416 g/mol. The number of carbonyl (C=O) groups is 2. The molecule has 0 saturated carbocycles. The Labute approximate surface area is 176 Å². The second-order valence-electron chi connectivity index (χ2n) is 6.87. The van der Waals surface area contributed by atoms with Crippen molar-refractivity contribution in [3.63, 3.8) is 0 Å². The van der Waals surface area contributed by atoms with Crippen LogP contribution in [-0.2, 0) is 0 Å². The highest BCUT2D eigenvalue weighted by atomic mass is 16.5. The normalized spacial score (nSPS) is 10.3. The second-order valence-corrected chi connectivity index (χ2v) is 6.87. The van der Waals surface area contributed by atoms with E-state index in [-0.39, 0.29) is 0 Å². The third-order valence-corrected chi connectivity index (χ3v) is 4.31. The average molecular weight is 416 g/mol. The van der Waals surface area contributed by atoms with E-state index in [1.54, 1.807) is 30.3 Å². The zero-order valence-corrected chi connectivity index (χ0v) is 17.9. The maximum Gasteiger partial charge on any atom is 0.269 e. The molecule has 0 aliphatic heterocycles. The maximum atomic E-state index is 12.4. The van der Waals surface area contributed by atoms with Gasteiger partial charge in [-0.2, -0.15) is 0 Å². The second kappa shape index (κ2) is 10.9. The first-order valence-electron chi connectivity index (χ1n) is 9.53. The molecule has 0 atom stereocenters. The lowest BCUT2D eigenvalue weighted by atomic mass is 10.1. The number of hydrogen-bond acceptors (Lipinski definition) is 6. The van der Waals surface area contributed by atoms with E-state index in [9.17, 15) is 9.59 Å². The molecule has 8 heteroatoms. The van der Waals surface area contributed by atoms with Crippen molar-refractivity contribution in [2.75, 3.05) is 27.9 Å². The minimum absolute atomic E-state index is 0.305. The van der Waals surface area contributed by atoms with Crippen LogP contribution in [0.5, 0.6) is 23.0 Å². The lowest BCUT2D eigenvalue weighted by Crippen LogP contribution is -2.41. The molecule has 0 aliphatic carbocycles. The van der Waals surface area contributed by atoms with Crippen LogP contribution in [0.1, 0.15) is 41.0 Å². The predicted molar refractivity (Wildman–Crippen MR) is 112 cm³/mol. The number of rotatable bonds is 9. The van der Waals surface area contributed by atoms with Gasteiger partial charge in [0.2, 0.25) is 0 Å². The fourth-order valence-corrected chi connectivity index (χ4v) is 2.57. The molecule has 2 rings (SSSR count). The highest BCUT2D eigenvalue weighted by Crippen LogP contribution is 2.29. The molecule has 2 N–H and O–H groups in total. The molecule has 0 saturated heterocycles. The van der Waals surface area contributed by atoms with Crippen LogP contribution in [0.2, 0.25) is 0 Å². The van der Waals surface area contributed by atoms with E-state index in [2.05, 4.69) is 24.7 Å². The van der Waals surface area contributed by atoms with E-state index >= 15 is 0 Å². The Kier molecular flexibility index (Phi) is 8.34. The van der Waals surface area contributed by atoms with E-state index in [0.717, 1.165) is 6.42 Å². The van der Waals surface area contributed by atoms with E-state index in [4.69, 9.17) is 18.9 Å². The lowest BCUT2D eigenvalue weighted by Gasteiger charge is -2.13. The number of amides is 2. The maximum absolute atomic E-state index is 12.4. The Hall–Kier alpha value is -3.42. The molecule has 2 aromatic rings. The predicted octanol–water partition coefficient (Wildman–Crippen LogP) is 3.21. The van der Waals surface area contributed by atoms with Gasteiger partial charge in [0.25, 0.3) is 11.8 Å². The summed E-state index contributed by atoms with van der Waals surface area (Å²) in [6, 6.07) is 9.53. The molecule has 30 heavy (non-hydrogen) atoms. The molecule has 0 radical (unpaired) electrons.